The van der Waals surface area contributed by atoms with Gasteiger partial charge in [-0.1, -0.05) is 39.3 Å². The number of alkyl halides is 3. The average molecular weight is 491 g/mol. The van der Waals surface area contributed by atoms with Gasteiger partial charge in [0.05, 0.1) is 18.8 Å². The van der Waals surface area contributed by atoms with E-state index in [1.807, 2.05) is 6.92 Å². The molecule has 1 atom stereocenters. The van der Waals surface area contributed by atoms with E-state index >= 15 is 0 Å². The zero-order valence-corrected chi connectivity index (χ0v) is 19.8. The van der Waals surface area contributed by atoms with Gasteiger partial charge in [-0.25, -0.2) is 4.79 Å². The molecule has 1 unspecified atom stereocenters. The Labute approximate surface area is 202 Å². The van der Waals surface area contributed by atoms with Gasteiger partial charge in [0.15, 0.2) is 0 Å². The SMILES string of the molecule is C=CC(=O)OCC(C)COc1ccc2cc(-c3ccc(CCCCC)cc3OC(F)(F)F)oc2c1. The first kappa shape index (κ1) is 26.2. The van der Waals surface area contributed by atoms with E-state index in [9.17, 15) is 18.0 Å². The molecule has 188 valence electrons. The average Bonchev–Trinajstić information content (AvgIpc) is 3.23. The van der Waals surface area contributed by atoms with E-state index in [0.717, 1.165) is 30.9 Å². The molecule has 3 aromatic rings. The molecule has 0 aliphatic carbocycles. The highest BCUT2D eigenvalue weighted by Gasteiger charge is 2.33. The summed E-state index contributed by atoms with van der Waals surface area (Å²) in [6.45, 7) is 7.77. The van der Waals surface area contributed by atoms with Crippen LogP contribution in [0.3, 0.4) is 0 Å². The lowest BCUT2D eigenvalue weighted by Crippen LogP contribution is -2.17. The molecule has 5 nitrogen and oxygen atoms in total. The maximum absolute atomic E-state index is 13.1. The lowest BCUT2D eigenvalue weighted by Gasteiger charge is -2.14. The monoisotopic (exact) mass is 490 g/mol. The van der Waals surface area contributed by atoms with Gasteiger partial charge in [0.1, 0.15) is 22.8 Å². The number of unbranched alkanes of at least 4 members (excludes halogenated alkanes) is 2. The van der Waals surface area contributed by atoms with Gasteiger partial charge in [-0.2, -0.15) is 0 Å². The molecule has 0 radical (unpaired) electrons. The number of ether oxygens (including phenoxy) is 3. The highest BCUT2D eigenvalue weighted by Crippen LogP contribution is 2.38. The molecule has 0 aliphatic rings. The van der Waals surface area contributed by atoms with Crippen LogP contribution >= 0.6 is 0 Å². The van der Waals surface area contributed by atoms with Crippen LogP contribution in [0.5, 0.6) is 11.5 Å². The Bertz CT molecular complexity index is 1150. The van der Waals surface area contributed by atoms with Crippen molar-refractivity contribution in [3.63, 3.8) is 0 Å². The summed E-state index contributed by atoms with van der Waals surface area (Å²) >= 11 is 0. The Morgan fingerprint density at radius 1 is 1.11 bits per heavy atom. The number of furan rings is 1. The zero-order chi connectivity index (χ0) is 25.4. The lowest BCUT2D eigenvalue weighted by atomic mass is 10.0. The zero-order valence-electron chi connectivity index (χ0n) is 19.8. The molecule has 3 rings (SSSR count). The number of carbonyl (C=O) groups excluding carboxylic acids is 1. The first-order valence-corrected chi connectivity index (χ1v) is 11.5. The second-order valence-corrected chi connectivity index (χ2v) is 8.40. The highest BCUT2D eigenvalue weighted by atomic mass is 19.4. The standard InChI is InChI=1S/C27H29F3O5/c1-4-6-7-8-19-9-12-22(25(13-19)35-27(28,29)30)24-14-20-10-11-21(15-23(20)34-24)32-16-18(3)17-33-26(31)5-2/h5,9-15,18H,2,4,6-8,16-17H2,1,3H3. The molecule has 0 amide bonds. The number of carbonyl (C=O) groups is 1. The number of aryl methyl sites for hydroxylation is 1. The molecular formula is C27H29F3O5. The van der Waals surface area contributed by atoms with Crippen molar-refractivity contribution in [2.75, 3.05) is 13.2 Å². The number of benzene rings is 2. The van der Waals surface area contributed by atoms with Gasteiger partial charge in [0.25, 0.3) is 0 Å². The van der Waals surface area contributed by atoms with Gasteiger partial charge in [-0.05, 0) is 48.7 Å². The number of fused-ring (bicyclic) bond motifs is 1. The van der Waals surface area contributed by atoms with Crippen LogP contribution in [0.1, 0.15) is 38.7 Å². The Balaban J connectivity index is 1.78. The maximum atomic E-state index is 13.1. The molecule has 0 saturated heterocycles. The van der Waals surface area contributed by atoms with Crippen molar-refractivity contribution in [3.8, 4) is 22.8 Å². The van der Waals surface area contributed by atoms with Crippen LogP contribution in [0, 0.1) is 5.92 Å². The minimum absolute atomic E-state index is 0.0559. The van der Waals surface area contributed by atoms with Crippen LogP contribution in [-0.4, -0.2) is 25.5 Å². The summed E-state index contributed by atoms with van der Waals surface area (Å²) in [7, 11) is 0. The smallest absolute Gasteiger partial charge is 0.493 e. The normalized spacial score (nSPS) is 12.4. The predicted octanol–water partition coefficient (Wildman–Crippen LogP) is 7.48. The van der Waals surface area contributed by atoms with Gasteiger partial charge in [0, 0.05) is 23.4 Å². The van der Waals surface area contributed by atoms with Crippen molar-refractivity contribution in [3.05, 3.63) is 60.7 Å². The topological polar surface area (TPSA) is 57.9 Å². The number of esters is 1. The van der Waals surface area contributed by atoms with Crippen LogP contribution in [0.25, 0.3) is 22.3 Å². The molecule has 1 heterocycles. The van der Waals surface area contributed by atoms with E-state index in [1.54, 1.807) is 36.4 Å². The van der Waals surface area contributed by atoms with E-state index in [-0.39, 0.29) is 29.6 Å². The number of rotatable bonds is 12. The summed E-state index contributed by atoms with van der Waals surface area (Å²) in [5.74, 6) is -0.0478. The first-order valence-electron chi connectivity index (χ1n) is 11.5. The van der Waals surface area contributed by atoms with E-state index < -0.39 is 12.3 Å². The Hall–Kier alpha value is -3.42. The van der Waals surface area contributed by atoms with Crippen LogP contribution in [0.4, 0.5) is 13.2 Å². The Kier molecular flexibility index (Phi) is 8.84. The summed E-state index contributed by atoms with van der Waals surface area (Å²) in [4.78, 5) is 11.2. The second kappa shape index (κ2) is 11.8. The molecular weight excluding hydrogens is 461 g/mol. The molecule has 0 saturated carbocycles. The molecule has 0 bridgehead atoms. The van der Waals surface area contributed by atoms with Gasteiger partial charge in [-0.3, -0.25) is 0 Å². The minimum Gasteiger partial charge on any atom is -0.493 e. The van der Waals surface area contributed by atoms with Gasteiger partial charge < -0.3 is 18.6 Å². The van der Waals surface area contributed by atoms with E-state index in [1.165, 1.54) is 6.07 Å². The highest BCUT2D eigenvalue weighted by molar-refractivity contribution is 5.85. The van der Waals surface area contributed by atoms with Crippen molar-refractivity contribution in [2.45, 2.75) is 45.9 Å². The van der Waals surface area contributed by atoms with Crippen molar-refractivity contribution in [1.82, 2.24) is 0 Å². The number of halogens is 3. The van der Waals surface area contributed by atoms with Crippen LogP contribution in [0.2, 0.25) is 0 Å². The summed E-state index contributed by atoms with van der Waals surface area (Å²) in [5, 5.41) is 0.713. The van der Waals surface area contributed by atoms with Crippen LogP contribution in [-0.2, 0) is 16.0 Å². The van der Waals surface area contributed by atoms with Crippen molar-refractivity contribution in [1.29, 1.82) is 0 Å². The summed E-state index contributed by atoms with van der Waals surface area (Å²) in [6.07, 6.45) is -0.125. The maximum Gasteiger partial charge on any atom is 0.573 e. The fourth-order valence-corrected chi connectivity index (χ4v) is 3.52. The fraction of sp³-hybridized carbons (Fsp3) is 0.370. The number of hydrogen-bond donors (Lipinski definition) is 0. The molecule has 0 N–H and O–H groups in total. The van der Waals surface area contributed by atoms with Crippen molar-refractivity contribution >= 4 is 16.9 Å². The largest absolute Gasteiger partial charge is 0.573 e. The van der Waals surface area contributed by atoms with E-state index in [2.05, 4.69) is 18.2 Å². The fourth-order valence-electron chi connectivity index (χ4n) is 3.52. The van der Waals surface area contributed by atoms with Crippen LogP contribution < -0.4 is 9.47 Å². The van der Waals surface area contributed by atoms with Gasteiger partial charge in [0.2, 0.25) is 0 Å². The quantitative estimate of drug-likeness (QED) is 0.150. The third-order valence-electron chi connectivity index (χ3n) is 5.31. The molecule has 8 heteroatoms. The minimum atomic E-state index is -4.82. The molecule has 0 fully saturated rings. The molecule has 0 spiro atoms. The summed E-state index contributed by atoms with van der Waals surface area (Å²) in [6, 6.07) is 11.7. The second-order valence-electron chi connectivity index (χ2n) is 8.40. The lowest BCUT2D eigenvalue weighted by molar-refractivity contribution is -0.274. The van der Waals surface area contributed by atoms with Gasteiger partial charge in [-0.15, -0.1) is 13.2 Å². The Morgan fingerprint density at radius 2 is 1.91 bits per heavy atom. The Morgan fingerprint density at radius 3 is 2.63 bits per heavy atom. The van der Waals surface area contributed by atoms with Crippen molar-refractivity contribution < 1.29 is 36.6 Å². The summed E-state index contributed by atoms with van der Waals surface area (Å²) < 4.78 is 60.3. The molecule has 2 aromatic carbocycles. The first-order chi connectivity index (χ1) is 16.7. The van der Waals surface area contributed by atoms with E-state index in [0.29, 0.717) is 29.7 Å². The van der Waals surface area contributed by atoms with Crippen molar-refractivity contribution in [2.24, 2.45) is 5.92 Å². The van der Waals surface area contributed by atoms with Gasteiger partial charge >= 0.3 is 12.3 Å². The van der Waals surface area contributed by atoms with E-state index in [4.69, 9.17) is 13.9 Å². The molecule has 35 heavy (non-hydrogen) atoms. The third kappa shape index (κ3) is 7.80. The van der Waals surface area contributed by atoms with Crippen LogP contribution in [0.15, 0.2) is 59.5 Å². The number of hydrogen-bond acceptors (Lipinski definition) is 5. The molecule has 0 aliphatic heterocycles. The predicted molar refractivity (Wildman–Crippen MR) is 127 cm³/mol. The third-order valence-corrected chi connectivity index (χ3v) is 5.31. The summed E-state index contributed by atoms with van der Waals surface area (Å²) in [5.41, 5.74) is 1.47. The molecule has 1 aromatic heterocycles.